The van der Waals surface area contributed by atoms with Crippen molar-refractivity contribution in [3.63, 3.8) is 0 Å². The minimum atomic E-state index is -1.07. The van der Waals surface area contributed by atoms with E-state index in [1.165, 1.54) is 0 Å². The van der Waals surface area contributed by atoms with Gasteiger partial charge >= 0.3 is 6.09 Å². The Hall–Kier alpha value is -1.22. The maximum Gasteiger partial charge on any atom is 0.409 e. The number of rotatable bonds is 2. The van der Waals surface area contributed by atoms with E-state index >= 15 is 0 Å². The fourth-order valence-electron chi connectivity index (χ4n) is 1.11. The zero-order valence-corrected chi connectivity index (χ0v) is 7.93. The van der Waals surface area contributed by atoms with Crippen LogP contribution in [-0.4, -0.2) is 11.2 Å². The molecule has 1 aromatic carbocycles. The Bertz CT molecular complexity index is 325. The Balaban J connectivity index is 3.05. The lowest BCUT2D eigenvalue weighted by Crippen LogP contribution is -2.09. The van der Waals surface area contributed by atoms with E-state index in [2.05, 4.69) is 5.32 Å². The summed E-state index contributed by atoms with van der Waals surface area (Å²) >= 11 is 5.69. The predicted molar refractivity (Wildman–Crippen MR) is 52.4 cm³/mol. The molecule has 0 aliphatic heterocycles. The summed E-state index contributed by atoms with van der Waals surface area (Å²) < 4.78 is 0. The van der Waals surface area contributed by atoms with E-state index in [9.17, 15) is 4.79 Å². The summed E-state index contributed by atoms with van der Waals surface area (Å²) in [5, 5.41) is 10.8. The number of amides is 1. The standard InChI is InChI=1S/C9H10ClNO2/c1-6-3-2-4-8(7(6)5-10)11-9(12)13/h2-4,11H,5H2,1H3,(H,12,13). The molecule has 0 heterocycles. The normalized spacial score (nSPS) is 9.69. The lowest BCUT2D eigenvalue weighted by Gasteiger charge is -2.08. The number of carbonyl (C=O) groups is 1. The second-order valence-corrected chi connectivity index (χ2v) is 2.93. The minimum absolute atomic E-state index is 0.308. The summed E-state index contributed by atoms with van der Waals surface area (Å²) in [4.78, 5) is 10.4. The highest BCUT2D eigenvalue weighted by Gasteiger charge is 2.05. The maximum absolute atomic E-state index is 10.4. The van der Waals surface area contributed by atoms with Gasteiger partial charge in [-0.15, -0.1) is 11.6 Å². The molecule has 2 N–H and O–H groups in total. The highest BCUT2D eigenvalue weighted by atomic mass is 35.5. The number of halogens is 1. The van der Waals surface area contributed by atoms with Crippen LogP contribution < -0.4 is 5.32 Å². The van der Waals surface area contributed by atoms with Gasteiger partial charge in [0, 0.05) is 11.6 Å². The quantitative estimate of drug-likeness (QED) is 0.720. The summed E-state index contributed by atoms with van der Waals surface area (Å²) in [6.07, 6.45) is -1.07. The Morgan fingerprint density at radius 3 is 2.85 bits per heavy atom. The number of hydrogen-bond donors (Lipinski definition) is 2. The van der Waals surface area contributed by atoms with E-state index in [-0.39, 0.29) is 0 Å². The lowest BCUT2D eigenvalue weighted by molar-refractivity contribution is 0.209. The van der Waals surface area contributed by atoms with Crippen LogP contribution in [0.2, 0.25) is 0 Å². The fourth-order valence-corrected chi connectivity index (χ4v) is 1.47. The maximum atomic E-state index is 10.4. The summed E-state index contributed by atoms with van der Waals surface area (Å²) in [5.74, 6) is 0.308. The molecule has 0 aromatic heterocycles. The summed E-state index contributed by atoms with van der Waals surface area (Å²) in [5.41, 5.74) is 2.37. The van der Waals surface area contributed by atoms with Gasteiger partial charge in [-0.3, -0.25) is 5.32 Å². The number of alkyl halides is 1. The van der Waals surface area contributed by atoms with Gasteiger partial charge in [0.05, 0.1) is 0 Å². The molecule has 0 aliphatic carbocycles. The molecule has 70 valence electrons. The average Bonchev–Trinajstić information content (AvgIpc) is 2.03. The molecule has 0 unspecified atom stereocenters. The highest BCUT2D eigenvalue weighted by Crippen LogP contribution is 2.21. The van der Waals surface area contributed by atoms with Crippen LogP contribution in [0.3, 0.4) is 0 Å². The second kappa shape index (κ2) is 4.14. The third-order valence-corrected chi connectivity index (χ3v) is 2.05. The molecule has 0 saturated heterocycles. The highest BCUT2D eigenvalue weighted by molar-refractivity contribution is 6.17. The Morgan fingerprint density at radius 2 is 2.31 bits per heavy atom. The van der Waals surface area contributed by atoms with E-state index in [0.29, 0.717) is 11.6 Å². The Labute approximate surface area is 81.3 Å². The number of carboxylic acid groups (broad SMARTS) is 1. The van der Waals surface area contributed by atoms with Gasteiger partial charge in [-0.05, 0) is 24.1 Å². The molecule has 0 spiro atoms. The van der Waals surface area contributed by atoms with Crippen LogP contribution in [0.15, 0.2) is 18.2 Å². The fraction of sp³-hybridized carbons (Fsp3) is 0.222. The van der Waals surface area contributed by atoms with Crippen molar-refractivity contribution >= 4 is 23.4 Å². The van der Waals surface area contributed by atoms with Crippen LogP contribution in [0.5, 0.6) is 0 Å². The molecule has 13 heavy (non-hydrogen) atoms. The van der Waals surface area contributed by atoms with Crippen molar-refractivity contribution < 1.29 is 9.90 Å². The monoisotopic (exact) mass is 199 g/mol. The van der Waals surface area contributed by atoms with Crippen molar-refractivity contribution in [2.75, 3.05) is 5.32 Å². The summed E-state index contributed by atoms with van der Waals surface area (Å²) in [6, 6.07) is 5.38. The molecule has 1 amide bonds. The van der Waals surface area contributed by atoms with Crippen LogP contribution in [0, 0.1) is 6.92 Å². The number of aryl methyl sites for hydroxylation is 1. The smallest absolute Gasteiger partial charge is 0.409 e. The topological polar surface area (TPSA) is 49.3 Å². The van der Waals surface area contributed by atoms with Gasteiger partial charge in [0.2, 0.25) is 0 Å². The number of hydrogen-bond acceptors (Lipinski definition) is 1. The molecule has 1 rings (SSSR count). The zero-order valence-electron chi connectivity index (χ0n) is 7.17. The lowest BCUT2D eigenvalue weighted by atomic mass is 10.1. The molecule has 0 bridgehead atoms. The first-order valence-electron chi connectivity index (χ1n) is 3.79. The van der Waals surface area contributed by atoms with Crippen LogP contribution >= 0.6 is 11.6 Å². The van der Waals surface area contributed by atoms with Gasteiger partial charge in [0.1, 0.15) is 0 Å². The van der Waals surface area contributed by atoms with Gasteiger partial charge in [-0.25, -0.2) is 4.79 Å². The molecule has 4 heteroatoms. The molecule has 0 fully saturated rings. The summed E-state index contributed by atoms with van der Waals surface area (Å²) in [6.45, 7) is 1.89. The van der Waals surface area contributed by atoms with E-state index in [1.807, 2.05) is 13.0 Å². The predicted octanol–water partition coefficient (Wildman–Crippen LogP) is 2.82. The van der Waals surface area contributed by atoms with Crippen molar-refractivity contribution in [3.05, 3.63) is 29.3 Å². The van der Waals surface area contributed by atoms with Crippen LogP contribution in [-0.2, 0) is 5.88 Å². The van der Waals surface area contributed by atoms with Crippen molar-refractivity contribution in [1.82, 2.24) is 0 Å². The van der Waals surface area contributed by atoms with Gasteiger partial charge in [-0.1, -0.05) is 12.1 Å². The third kappa shape index (κ3) is 2.36. The van der Waals surface area contributed by atoms with Crippen molar-refractivity contribution in [3.8, 4) is 0 Å². The van der Waals surface area contributed by atoms with E-state index in [4.69, 9.17) is 16.7 Å². The molecule has 1 aromatic rings. The molecule has 0 atom stereocenters. The number of nitrogens with one attached hydrogen (secondary N) is 1. The molecule has 0 aliphatic rings. The van der Waals surface area contributed by atoms with Gasteiger partial charge in [-0.2, -0.15) is 0 Å². The van der Waals surface area contributed by atoms with Crippen molar-refractivity contribution in [2.24, 2.45) is 0 Å². The number of anilines is 1. The average molecular weight is 200 g/mol. The second-order valence-electron chi connectivity index (χ2n) is 2.66. The Morgan fingerprint density at radius 1 is 1.62 bits per heavy atom. The van der Waals surface area contributed by atoms with Gasteiger partial charge in [0.25, 0.3) is 0 Å². The van der Waals surface area contributed by atoms with Crippen LogP contribution in [0.4, 0.5) is 10.5 Å². The zero-order chi connectivity index (χ0) is 9.84. The number of benzene rings is 1. The largest absolute Gasteiger partial charge is 0.465 e. The molecular weight excluding hydrogens is 190 g/mol. The van der Waals surface area contributed by atoms with Crippen LogP contribution in [0.25, 0.3) is 0 Å². The van der Waals surface area contributed by atoms with E-state index < -0.39 is 6.09 Å². The van der Waals surface area contributed by atoms with Crippen molar-refractivity contribution in [1.29, 1.82) is 0 Å². The molecule has 0 radical (unpaired) electrons. The van der Waals surface area contributed by atoms with Crippen LogP contribution in [0.1, 0.15) is 11.1 Å². The first-order chi connectivity index (χ1) is 6.15. The summed E-state index contributed by atoms with van der Waals surface area (Å²) in [7, 11) is 0. The molecular formula is C9H10ClNO2. The van der Waals surface area contributed by atoms with Crippen molar-refractivity contribution in [2.45, 2.75) is 12.8 Å². The van der Waals surface area contributed by atoms with E-state index in [0.717, 1.165) is 11.1 Å². The molecule has 0 saturated carbocycles. The van der Waals surface area contributed by atoms with Gasteiger partial charge < -0.3 is 5.11 Å². The third-order valence-electron chi connectivity index (χ3n) is 1.79. The molecule has 3 nitrogen and oxygen atoms in total. The van der Waals surface area contributed by atoms with E-state index in [1.54, 1.807) is 12.1 Å². The SMILES string of the molecule is Cc1cccc(NC(=O)O)c1CCl. The minimum Gasteiger partial charge on any atom is -0.465 e. The first-order valence-corrected chi connectivity index (χ1v) is 4.33. The van der Waals surface area contributed by atoms with Gasteiger partial charge in [0.15, 0.2) is 0 Å². The first kappa shape index (κ1) is 9.86. The Kier molecular flexibility index (Phi) is 3.14.